The van der Waals surface area contributed by atoms with Gasteiger partial charge in [-0.3, -0.25) is 0 Å². The zero-order valence-corrected chi connectivity index (χ0v) is 24.8. The summed E-state index contributed by atoms with van der Waals surface area (Å²) in [5, 5.41) is 2.59. The van der Waals surface area contributed by atoms with Gasteiger partial charge in [0.05, 0.1) is 0 Å². The Labute approximate surface area is 255 Å². The molecule has 0 heteroatoms. The number of hydrogen-bond donors (Lipinski definition) is 0. The minimum Gasteiger partial charge on any atom is -0.0984 e. The fourth-order valence-electron chi connectivity index (χ4n) is 7.20. The van der Waals surface area contributed by atoms with Crippen molar-refractivity contribution in [2.24, 2.45) is 5.92 Å². The minimum absolute atomic E-state index is 0.485. The number of benzene rings is 5. The Morgan fingerprint density at radius 2 is 1.12 bits per heavy atom. The van der Waals surface area contributed by atoms with Gasteiger partial charge in [-0.25, -0.2) is 0 Å². The van der Waals surface area contributed by atoms with Gasteiger partial charge in [0.15, 0.2) is 0 Å². The Balaban J connectivity index is 1.85. The predicted octanol–water partition coefficient (Wildman–Crippen LogP) is 12.1. The topological polar surface area (TPSA) is 0 Å². The molecule has 7 rings (SSSR count). The predicted molar refractivity (Wildman–Crippen MR) is 189 cm³/mol. The van der Waals surface area contributed by atoms with E-state index in [1.54, 1.807) is 0 Å². The molecule has 0 radical (unpaired) electrons. The van der Waals surface area contributed by atoms with Gasteiger partial charge in [0, 0.05) is 0 Å². The molecule has 0 nitrogen and oxygen atoms in total. The van der Waals surface area contributed by atoms with Gasteiger partial charge < -0.3 is 0 Å². The molecule has 2 aliphatic rings. The quantitative estimate of drug-likeness (QED) is 0.196. The summed E-state index contributed by atoms with van der Waals surface area (Å²) in [6.45, 7) is 11.1. The second-order valence-corrected chi connectivity index (χ2v) is 11.7. The molecule has 1 unspecified atom stereocenters. The lowest BCUT2D eigenvalue weighted by atomic mass is 9.73. The van der Waals surface area contributed by atoms with Crippen molar-refractivity contribution in [2.75, 3.05) is 0 Å². The van der Waals surface area contributed by atoms with Crippen LogP contribution in [0.5, 0.6) is 0 Å². The highest BCUT2D eigenvalue weighted by Crippen LogP contribution is 2.53. The highest BCUT2D eigenvalue weighted by atomic mass is 14.3. The van der Waals surface area contributed by atoms with Gasteiger partial charge in [0.25, 0.3) is 0 Å². The molecule has 0 saturated heterocycles. The molecule has 0 saturated carbocycles. The summed E-state index contributed by atoms with van der Waals surface area (Å²) in [5.74, 6) is 0.485. The average Bonchev–Trinajstić information content (AvgIpc) is 3.07. The molecule has 43 heavy (non-hydrogen) atoms. The Morgan fingerprint density at radius 1 is 0.605 bits per heavy atom. The van der Waals surface area contributed by atoms with Gasteiger partial charge in [-0.2, -0.15) is 0 Å². The highest BCUT2D eigenvalue weighted by Gasteiger charge is 2.29. The van der Waals surface area contributed by atoms with Crippen LogP contribution in [0.2, 0.25) is 0 Å². The molecule has 0 N–H and O–H groups in total. The van der Waals surface area contributed by atoms with E-state index in [2.05, 4.69) is 141 Å². The van der Waals surface area contributed by atoms with Gasteiger partial charge in [0.2, 0.25) is 0 Å². The van der Waals surface area contributed by atoms with Crippen molar-refractivity contribution in [3.8, 4) is 33.4 Å². The first-order valence-electron chi connectivity index (χ1n) is 15.4. The maximum absolute atomic E-state index is 4.40. The lowest BCUT2D eigenvalue weighted by Crippen LogP contribution is -2.09. The summed E-state index contributed by atoms with van der Waals surface area (Å²) >= 11 is 0. The zero-order chi connectivity index (χ0) is 29.3. The summed E-state index contributed by atoms with van der Waals surface area (Å²) in [6.07, 6.45) is 19.1. The molecule has 2 aliphatic carbocycles. The lowest BCUT2D eigenvalue weighted by molar-refractivity contribution is 0.739. The van der Waals surface area contributed by atoms with Crippen LogP contribution in [0.3, 0.4) is 0 Å². The molecule has 0 aliphatic heterocycles. The Kier molecular flexibility index (Phi) is 7.13. The van der Waals surface area contributed by atoms with E-state index in [1.807, 2.05) is 12.2 Å². The molecule has 5 aromatic carbocycles. The van der Waals surface area contributed by atoms with Gasteiger partial charge in [-0.15, -0.1) is 0 Å². The third-order valence-corrected chi connectivity index (χ3v) is 8.97. The SMILES string of the molecule is C=Cc1c(C=C)c(-c2ccccc2)c2c(-c3ccccc3)c3c(c(C4=CC(C)CC=C4)c2c1-c1ccccc1)CCC=C3. The molecule has 208 valence electrons. The molecule has 5 aromatic rings. The van der Waals surface area contributed by atoms with E-state index < -0.39 is 0 Å². The molecule has 0 fully saturated rings. The maximum Gasteiger partial charge on any atom is -0.000163 e. The van der Waals surface area contributed by atoms with Crippen LogP contribution in [0.15, 0.2) is 128 Å². The van der Waals surface area contributed by atoms with Crippen molar-refractivity contribution in [2.45, 2.75) is 26.2 Å². The summed E-state index contributed by atoms with van der Waals surface area (Å²) in [4.78, 5) is 0. The molecular weight excluding hydrogens is 516 g/mol. The van der Waals surface area contributed by atoms with Crippen LogP contribution in [-0.2, 0) is 6.42 Å². The van der Waals surface area contributed by atoms with E-state index in [1.165, 1.54) is 66.4 Å². The lowest BCUT2D eigenvalue weighted by Gasteiger charge is -2.30. The van der Waals surface area contributed by atoms with E-state index in [0.29, 0.717) is 5.92 Å². The fourth-order valence-corrected chi connectivity index (χ4v) is 7.20. The van der Waals surface area contributed by atoms with Crippen LogP contribution in [0.25, 0.3) is 68.0 Å². The summed E-state index contributed by atoms with van der Waals surface area (Å²) < 4.78 is 0. The fraction of sp³-hybridized carbons (Fsp3) is 0.116. The molecular formula is C43H36. The summed E-state index contributed by atoms with van der Waals surface area (Å²) in [5.41, 5.74) is 15.1. The van der Waals surface area contributed by atoms with E-state index in [9.17, 15) is 0 Å². The smallest absolute Gasteiger partial charge is 0.000163 e. The standard InChI is InChI=1S/C43H36/c1-4-34-35(5-2)39(31-21-11-7-12-22-31)43-41(33-25-17-18-29(3)28-33)37-27-16-15-26-36(37)40(32-23-13-8-14-24-32)42(43)38(34)30-19-9-6-10-20-30/h4-15,17,19-26,28-29H,1-2,16,18,27H2,3H3. The van der Waals surface area contributed by atoms with E-state index >= 15 is 0 Å². The van der Waals surface area contributed by atoms with Gasteiger partial charge in [0.1, 0.15) is 0 Å². The number of fused-ring (bicyclic) bond motifs is 2. The van der Waals surface area contributed by atoms with E-state index in [-0.39, 0.29) is 0 Å². The van der Waals surface area contributed by atoms with Crippen molar-refractivity contribution < 1.29 is 0 Å². The van der Waals surface area contributed by atoms with E-state index in [4.69, 9.17) is 0 Å². The van der Waals surface area contributed by atoms with Crippen LogP contribution < -0.4 is 0 Å². The Bertz CT molecular complexity index is 1950. The molecule has 0 heterocycles. The molecule has 0 amide bonds. The van der Waals surface area contributed by atoms with Crippen molar-refractivity contribution >= 4 is 34.6 Å². The number of hydrogen-bond acceptors (Lipinski definition) is 0. The largest absolute Gasteiger partial charge is 0.0984 e. The second kappa shape index (κ2) is 11.4. The van der Waals surface area contributed by atoms with Crippen LogP contribution in [0, 0.1) is 5.92 Å². The van der Waals surface area contributed by atoms with E-state index in [0.717, 1.165) is 30.4 Å². The zero-order valence-electron chi connectivity index (χ0n) is 24.8. The third kappa shape index (κ3) is 4.55. The first-order chi connectivity index (χ1) is 21.2. The second-order valence-electron chi connectivity index (χ2n) is 11.7. The normalized spacial score (nSPS) is 15.7. The molecule has 0 aromatic heterocycles. The Morgan fingerprint density at radius 3 is 1.63 bits per heavy atom. The number of rotatable bonds is 6. The number of allylic oxidation sites excluding steroid dienone is 5. The maximum atomic E-state index is 4.40. The highest BCUT2D eigenvalue weighted by molar-refractivity contribution is 6.22. The first kappa shape index (κ1) is 26.9. The van der Waals surface area contributed by atoms with Gasteiger partial charge in [-0.1, -0.05) is 154 Å². The Hall–Kier alpha value is -4.94. The van der Waals surface area contributed by atoms with Crippen molar-refractivity contribution in [1.29, 1.82) is 0 Å². The van der Waals surface area contributed by atoms with Crippen LogP contribution in [0.4, 0.5) is 0 Å². The van der Waals surface area contributed by atoms with Crippen LogP contribution >= 0.6 is 0 Å². The molecule has 1 atom stereocenters. The monoisotopic (exact) mass is 552 g/mol. The van der Waals surface area contributed by atoms with Crippen molar-refractivity contribution in [1.82, 2.24) is 0 Å². The van der Waals surface area contributed by atoms with Gasteiger partial charge >= 0.3 is 0 Å². The average molecular weight is 553 g/mol. The first-order valence-corrected chi connectivity index (χ1v) is 15.4. The van der Waals surface area contributed by atoms with Crippen molar-refractivity contribution in [3.63, 3.8) is 0 Å². The van der Waals surface area contributed by atoms with Crippen LogP contribution in [-0.4, -0.2) is 0 Å². The summed E-state index contributed by atoms with van der Waals surface area (Å²) in [6, 6.07) is 32.7. The minimum atomic E-state index is 0.485. The van der Waals surface area contributed by atoms with Gasteiger partial charge in [-0.05, 0) is 103 Å². The third-order valence-electron chi connectivity index (χ3n) is 8.97. The van der Waals surface area contributed by atoms with Crippen LogP contribution in [0.1, 0.15) is 47.6 Å². The molecule has 0 spiro atoms. The summed E-state index contributed by atoms with van der Waals surface area (Å²) in [7, 11) is 0. The van der Waals surface area contributed by atoms with Crippen molar-refractivity contribution in [3.05, 3.63) is 156 Å². The molecule has 0 bridgehead atoms.